The van der Waals surface area contributed by atoms with Crippen LogP contribution in [0.1, 0.15) is 41.8 Å². The molecule has 0 aliphatic carbocycles. The molecule has 158 valence electrons. The van der Waals surface area contributed by atoms with Gasteiger partial charge < -0.3 is 14.7 Å². The van der Waals surface area contributed by atoms with Gasteiger partial charge >= 0.3 is 0 Å². The fourth-order valence-corrected chi connectivity index (χ4v) is 4.99. The molecule has 1 aromatic heterocycles. The number of amides is 1. The topological polar surface area (TPSA) is 106 Å². The van der Waals surface area contributed by atoms with Crippen molar-refractivity contribution in [3.05, 3.63) is 46.8 Å². The first kappa shape index (κ1) is 21.5. The molecular formula is C20H29N4O4S+. The lowest BCUT2D eigenvalue weighted by Crippen LogP contribution is -3.08. The summed E-state index contributed by atoms with van der Waals surface area (Å²) in [6.07, 6.45) is 2.68. The Kier molecular flexibility index (Phi) is 7.05. The molecule has 0 bridgehead atoms. The van der Waals surface area contributed by atoms with Crippen molar-refractivity contribution in [2.45, 2.75) is 51.1 Å². The summed E-state index contributed by atoms with van der Waals surface area (Å²) in [4.78, 5) is 13.7. The normalized spacial score (nSPS) is 15.0. The number of nitrogens with one attached hydrogen (secondary N) is 3. The molecule has 0 atom stereocenters. The third-order valence-corrected chi connectivity index (χ3v) is 6.86. The van der Waals surface area contributed by atoms with E-state index in [0.29, 0.717) is 12.2 Å². The smallest absolute Gasteiger partial charge is 0.245 e. The van der Waals surface area contributed by atoms with Gasteiger partial charge in [-0.05, 0) is 19.4 Å². The molecule has 9 heteroatoms. The first-order valence-corrected chi connectivity index (χ1v) is 11.4. The van der Waals surface area contributed by atoms with Crippen molar-refractivity contribution in [1.82, 2.24) is 15.2 Å². The zero-order chi connectivity index (χ0) is 20.9. The molecule has 2 heterocycles. The van der Waals surface area contributed by atoms with Crippen LogP contribution in [0.4, 0.5) is 0 Å². The van der Waals surface area contributed by atoms with Crippen LogP contribution in [0, 0.1) is 13.8 Å². The van der Waals surface area contributed by atoms with E-state index in [-0.39, 0.29) is 29.5 Å². The number of sulfonamides is 1. The average molecular weight is 422 g/mol. The van der Waals surface area contributed by atoms with Crippen molar-refractivity contribution in [3.8, 4) is 0 Å². The summed E-state index contributed by atoms with van der Waals surface area (Å²) in [5.41, 5.74) is 2.63. The van der Waals surface area contributed by atoms with Gasteiger partial charge in [-0.25, -0.2) is 13.1 Å². The Labute approximate surface area is 171 Å². The van der Waals surface area contributed by atoms with Gasteiger partial charge in [0, 0.05) is 37.9 Å². The summed E-state index contributed by atoms with van der Waals surface area (Å²) < 4.78 is 31.9. The summed E-state index contributed by atoms with van der Waals surface area (Å²) in [6, 6.07) is 8.30. The van der Waals surface area contributed by atoms with Crippen LogP contribution in [-0.2, 0) is 27.9 Å². The number of benzene rings is 1. The Morgan fingerprint density at radius 1 is 1.14 bits per heavy atom. The second kappa shape index (κ2) is 9.51. The van der Waals surface area contributed by atoms with Crippen LogP contribution in [0.15, 0.2) is 33.7 Å². The van der Waals surface area contributed by atoms with Crippen molar-refractivity contribution in [3.63, 3.8) is 0 Å². The highest BCUT2D eigenvalue weighted by Crippen LogP contribution is 2.18. The minimum absolute atomic E-state index is 0.00970. The van der Waals surface area contributed by atoms with E-state index in [0.717, 1.165) is 12.1 Å². The number of quaternary nitrogens is 1. The number of likely N-dealkylation sites (tertiary alicyclic amines) is 1. The van der Waals surface area contributed by atoms with E-state index in [4.69, 9.17) is 4.52 Å². The zero-order valence-corrected chi connectivity index (χ0v) is 17.8. The van der Waals surface area contributed by atoms with Gasteiger partial charge in [0.15, 0.2) is 5.76 Å². The van der Waals surface area contributed by atoms with E-state index < -0.39 is 10.0 Å². The maximum absolute atomic E-state index is 12.3. The van der Waals surface area contributed by atoms with E-state index in [1.165, 1.54) is 31.5 Å². The van der Waals surface area contributed by atoms with Gasteiger partial charge in [-0.15, -0.1) is 0 Å². The predicted octanol–water partition coefficient (Wildman–Crippen LogP) is 0.455. The fraction of sp³-hybridized carbons (Fsp3) is 0.500. The molecule has 1 aliphatic heterocycles. The van der Waals surface area contributed by atoms with Gasteiger partial charge in [-0.2, -0.15) is 0 Å². The van der Waals surface area contributed by atoms with Gasteiger partial charge in [0.2, 0.25) is 15.9 Å². The van der Waals surface area contributed by atoms with Crippen LogP contribution in [0.25, 0.3) is 0 Å². The zero-order valence-electron chi connectivity index (χ0n) is 17.0. The summed E-state index contributed by atoms with van der Waals surface area (Å²) in [5.74, 6) is 0.0197. The van der Waals surface area contributed by atoms with Crippen LogP contribution >= 0.6 is 0 Å². The highest BCUT2D eigenvalue weighted by molar-refractivity contribution is 7.89. The Bertz CT molecular complexity index is 912. The molecule has 1 aliphatic rings. The van der Waals surface area contributed by atoms with Gasteiger partial charge in [-0.3, -0.25) is 4.79 Å². The number of rotatable bonds is 9. The number of carbonyl (C=O) groups excluding carboxylic acids is 1. The Balaban J connectivity index is 1.40. The third kappa shape index (κ3) is 5.88. The molecule has 0 saturated carbocycles. The lowest BCUT2D eigenvalue weighted by atomic mass is 10.1. The first-order chi connectivity index (χ1) is 13.8. The number of carbonyl (C=O) groups is 1. The van der Waals surface area contributed by atoms with Gasteiger partial charge in [-0.1, -0.05) is 29.4 Å². The molecule has 29 heavy (non-hydrogen) atoms. The van der Waals surface area contributed by atoms with E-state index in [1.807, 2.05) is 12.1 Å². The molecule has 1 aromatic carbocycles. The first-order valence-electron chi connectivity index (χ1n) is 9.96. The Hall–Kier alpha value is -2.23. The standard InChI is InChI=1S/C20H28N4O4S/c1-15-20(16(2)28-23-15)29(26,27)22-10-9-19(25)21-13-17-5-7-18(8-6-17)14-24-11-3-4-12-24/h5-8,22H,3-4,9-14H2,1-2H3,(H,21,25)/p+1. The largest absolute Gasteiger partial charge is 0.360 e. The number of hydrogen-bond acceptors (Lipinski definition) is 5. The minimum Gasteiger partial charge on any atom is -0.360 e. The van der Waals surface area contributed by atoms with Crippen LogP contribution in [0.2, 0.25) is 0 Å². The van der Waals surface area contributed by atoms with E-state index in [2.05, 4.69) is 27.3 Å². The Morgan fingerprint density at radius 3 is 2.41 bits per heavy atom. The summed E-state index contributed by atoms with van der Waals surface area (Å²) in [6.45, 7) is 7.09. The number of nitrogens with zero attached hydrogens (tertiary/aromatic N) is 1. The second-order valence-electron chi connectivity index (χ2n) is 7.53. The van der Waals surface area contributed by atoms with E-state index in [1.54, 1.807) is 18.7 Å². The fourth-order valence-electron chi connectivity index (χ4n) is 3.63. The monoisotopic (exact) mass is 421 g/mol. The van der Waals surface area contributed by atoms with Crippen molar-refractivity contribution in [2.75, 3.05) is 19.6 Å². The molecule has 1 fully saturated rings. The molecule has 0 spiro atoms. The van der Waals surface area contributed by atoms with Gasteiger partial charge in [0.25, 0.3) is 0 Å². The summed E-state index contributed by atoms with van der Waals surface area (Å²) in [5, 5.41) is 6.47. The van der Waals surface area contributed by atoms with Crippen LogP contribution in [0.5, 0.6) is 0 Å². The minimum atomic E-state index is -3.74. The Morgan fingerprint density at radius 2 is 1.79 bits per heavy atom. The summed E-state index contributed by atoms with van der Waals surface area (Å²) >= 11 is 0. The molecule has 1 saturated heterocycles. The SMILES string of the molecule is Cc1noc(C)c1S(=O)(=O)NCCC(=O)NCc1ccc(C[NH+]2CCCC2)cc1. The lowest BCUT2D eigenvalue weighted by molar-refractivity contribution is -0.901. The number of aromatic nitrogens is 1. The van der Waals surface area contributed by atoms with E-state index >= 15 is 0 Å². The van der Waals surface area contributed by atoms with Crippen LogP contribution < -0.4 is 14.9 Å². The van der Waals surface area contributed by atoms with Crippen LogP contribution in [-0.4, -0.2) is 39.1 Å². The molecule has 3 rings (SSSR count). The van der Waals surface area contributed by atoms with Crippen molar-refractivity contribution >= 4 is 15.9 Å². The average Bonchev–Trinajstić information content (AvgIpc) is 3.30. The lowest BCUT2D eigenvalue weighted by Gasteiger charge is -2.12. The van der Waals surface area contributed by atoms with Crippen molar-refractivity contribution < 1.29 is 22.6 Å². The highest BCUT2D eigenvalue weighted by atomic mass is 32.2. The maximum Gasteiger partial charge on any atom is 0.245 e. The van der Waals surface area contributed by atoms with Crippen LogP contribution in [0.3, 0.4) is 0 Å². The summed E-state index contributed by atoms with van der Waals surface area (Å²) in [7, 11) is -3.74. The predicted molar refractivity (Wildman–Crippen MR) is 108 cm³/mol. The molecule has 0 unspecified atom stereocenters. The molecular weight excluding hydrogens is 392 g/mol. The van der Waals surface area contributed by atoms with E-state index in [9.17, 15) is 13.2 Å². The third-order valence-electron chi connectivity index (χ3n) is 5.16. The van der Waals surface area contributed by atoms with Crippen molar-refractivity contribution in [2.24, 2.45) is 0 Å². The molecule has 1 amide bonds. The second-order valence-corrected chi connectivity index (χ2v) is 9.23. The maximum atomic E-state index is 12.3. The van der Waals surface area contributed by atoms with Gasteiger partial charge in [0.05, 0.1) is 13.1 Å². The highest BCUT2D eigenvalue weighted by Gasteiger charge is 2.23. The van der Waals surface area contributed by atoms with Gasteiger partial charge in [0.1, 0.15) is 17.1 Å². The molecule has 0 radical (unpaired) electrons. The molecule has 2 aromatic rings. The number of aryl methyl sites for hydroxylation is 2. The van der Waals surface area contributed by atoms with Crippen molar-refractivity contribution in [1.29, 1.82) is 0 Å². The quantitative estimate of drug-likeness (QED) is 0.545. The molecule has 8 nitrogen and oxygen atoms in total. The molecule has 3 N–H and O–H groups in total. The number of hydrogen-bond donors (Lipinski definition) is 3.